The fourth-order valence-electron chi connectivity index (χ4n) is 2.31. The number of ether oxygens (including phenoxy) is 2. The monoisotopic (exact) mass is 314 g/mol. The third kappa shape index (κ3) is 2.53. The van der Waals surface area contributed by atoms with Crippen LogP contribution in [-0.2, 0) is 6.54 Å². The molecule has 5 nitrogen and oxygen atoms in total. The number of para-hydroxylation sites is 1. The van der Waals surface area contributed by atoms with Crippen LogP contribution < -0.4 is 14.8 Å². The van der Waals surface area contributed by atoms with Crippen molar-refractivity contribution in [2.45, 2.75) is 6.54 Å². The van der Waals surface area contributed by atoms with Gasteiger partial charge in [-0.05, 0) is 23.6 Å². The van der Waals surface area contributed by atoms with Gasteiger partial charge in [-0.3, -0.25) is 0 Å². The predicted octanol–water partition coefficient (Wildman–Crippen LogP) is 3.79. The Bertz CT molecular complexity index is 768. The van der Waals surface area contributed by atoms with Gasteiger partial charge in [0.15, 0.2) is 17.3 Å². The molecule has 0 fully saturated rings. The molecule has 0 amide bonds. The van der Waals surface area contributed by atoms with E-state index in [1.165, 1.54) is 0 Å². The summed E-state index contributed by atoms with van der Waals surface area (Å²) in [5.41, 5.74) is 0.882. The van der Waals surface area contributed by atoms with Crippen LogP contribution in [0.15, 0.2) is 46.3 Å². The number of hydrogen-bond donors (Lipinski definition) is 1. The second-order valence-corrected chi connectivity index (χ2v) is 5.73. The van der Waals surface area contributed by atoms with Crippen LogP contribution in [0.1, 0.15) is 5.89 Å². The first-order valence-electron chi connectivity index (χ1n) is 7.01. The summed E-state index contributed by atoms with van der Waals surface area (Å²) in [6, 6.07) is 9.80. The molecule has 112 valence electrons. The quantitative estimate of drug-likeness (QED) is 0.794. The molecule has 0 spiro atoms. The molecule has 1 aliphatic heterocycles. The second-order valence-electron chi connectivity index (χ2n) is 4.78. The van der Waals surface area contributed by atoms with Gasteiger partial charge in [-0.2, -0.15) is 0 Å². The number of anilines is 1. The van der Waals surface area contributed by atoms with Crippen LogP contribution >= 0.6 is 11.3 Å². The number of nitrogens with zero attached hydrogens (tertiary/aromatic N) is 1. The highest BCUT2D eigenvalue weighted by Gasteiger charge is 2.16. The number of hydrogen-bond acceptors (Lipinski definition) is 6. The summed E-state index contributed by atoms with van der Waals surface area (Å²) in [6.07, 6.45) is 1.75. The van der Waals surface area contributed by atoms with Crippen LogP contribution in [0.2, 0.25) is 0 Å². The molecule has 0 atom stereocenters. The van der Waals surface area contributed by atoms with Crippen LogP contribution in [0, 0.1) is 0 Å². The maximum atomic E-state index is 5.76. The summed E-state index contributed by atoms with van der Waals surface area (Å²) < 4.78 is 17.0. The molecule has 0 saturated carbocycles. The first kappa shape index (κ1) is 13.2. The van der Waals surface area contributed by atoms with Crippen LogP contribution in [0.25, 0.3) is 10.6 Å². The lowest BCUT2D eigenvalue weighted by molar-refractivity contribution is 0.172. The van der Waals surface area contributed by atoms with Crippen molar-refractivity contribution in [3.8, 4) is 22.1 Å². The van der Waals surface area contributed by atoms with Crippen LogP contribution in [0.5, 0.6) is 11.5 Å². The third-order valence-corrected chi connectivity index (χ3v) is 4.20. The molecule has 6 heteroatoms. The Balaban J connectivity index is 1.49. The molecule has 2 aromatic heterocycles. The lowest BCUT2D eigenvalue weighted by Crippen LogP contribution is -2.16. The van der Waals surface area contributed by atoms with E-state index in [2.05, 4.69) is 10.3 Å². The molecular weight excluding hydrogens is 300 g/mol. The van der Waals surface area contributed by atoms with E-state index < -0.39 is 0 Å². The summed E-state index contributed by atoms with van der Waals surface area (Å²) in [5.74, 6) is 2.95. The normalized spacial score (nSPS) is 13.1. The Morgan fingerprint density at radius 3 is 3.00 bits per heavy atom. The Labute approximate surface area is 131 Å². The van der Waals surface area contributed by atoms with E-state index in [1.807, 2.05) is 35.7 Å². The third-order valence-electron chi connectivity index (χ3n) is 3.31. The Morgan fingerprint density at radius 2 is 2.09 bits per heavy atom. The van der Waals surface area contributed by atoms with Crippen LogP contribution in [0.3, 0.4) is 0 Å². The predicted molar refractivity (Wildman–Crippen MR) is 84.6 cm³/mol. The number of aromatic nitrogens is 1. The molecule has 1 aromatic carbocycles. The van der Waals surface area contributed by atoms with Crippen molar-refractivity contribution >= 4 is 17.0 Å². The van der Waals surface area contributed by atoms with Gasteiger partial charge < -0.3 is 19.2 Å². The van der Waals surface area contributed by atoms with Crippen molar-refractivity contribution in [3.63, 3.8) is 0 Å². The number of thiophene rings is 1. The summed E-state index contributed by atoms with van der Waals surface area (Å²) in [6.45, 7) is 1.64. The molecule has 0 radical (unpaired) electrons. The van der Waals surface area contributed by atoms with Gasteiger partial charge in [0.05, 0.1) is 23.3 Å². The van der Waals surface area contributed by atoms with Crippen molar-refractivity contribution in [1.82, 2.24) is 4.98 Å². The van der Waals surface area contributed by atoms with Crippen molar-refractivity contribution in [1.29, 1.82) is 0 Å². The van der Waals surface area contributed by atoms with Crippen molar-refractivity contribution in [3.05, 3.63) is 47.8 Å². The summed E-state index contributed by atoms with van der Waals surface area (Å²) >= 11 is 1.63. The highest BCUT2D eigenvalue weighted by atomic mass is 32.1. The number of benzene rings is 1. The zero-order valence-electron chi connectivity index (χ0n) is 11.7. The zero-order chi connectivity index (χ0) is 14.8. The molecule has 0 aliphatic carbocycles. The first-order valence-corrected chi connectivity index (χ1v) is 7.89. The second kappa shape index (κ2) is 5.73. The van der Waals surface area contributed by atoms with Gasteiger partial charge in [-0.25, -0.2) is 4.98 Å². The molecule has 0 saturated heterocycles. The average Bonchev–Trinajstić information content (AvgIpc) is 3.24. The Kier molecular flexibility index (Phi) is 3.44. The molecule has 1 aliphatic rings. The van der Waals surface area contributed by atoms with E-state index in [1.54, 1.807) is 17.5 Å². The molecule has 22 heavy (non-hydrogen) atoms. The smallest absolute Gasteiger partial charge is 0.214 e. The number of rotatable bonds is 4. The fourth-order valence-corrected chi connectivity index (χ4v) is 2.98. The van der Waals surface area contributed by atoms with Gasteiger partial charge >= 0.3 is 0 Å². The molecule has 3 aromatic rings. The molecule has 4 rings (SSSR count). The van der Waals surface area contributed by atoms with Crippen molar-refractivity contribution in [2.24, 2.45) is 0 Å². The highest BCUT2D eigenvalue weighted by molar-refractivity contribution is 7.13. The van der Waals surface area contributed by atoms with Crippen LogP contribution in [-0.4, -0.2) is 18.2 Å². The summed E-state index contributed by atoms with van der Waals surface area (Å²) in [5, 5.41) is 5.31. The largest absolute Gasteiger partial charge is 0.486 e. The van der Waals surface area contributed by atoms with Crippen LogP contribution in [0.4, 0.5) is 5.69 Å². The zero-order valence-corrected chi connectivity index (χ0v) is 12.6. The standard InChI is InChI=1S/C16H14N2O3S/c1-3-11(16-12(4-1)19-6-7-20-16)17-10-15-18-9-13(21-15)14-5-2-8-22-14/h1-5,8-9,17H,6-7,10H2. The maximum absolute atomic E-state index is 5.76. The lowest BCUT2D eigenvalue weighted by atomic mass is 10.2. The fraction of sp³-hybridized carbons (Fsp3) is 0.188. The molecular formula is C16H14N2O3S. The minimum Gasteiger partial charge on any atom is -0.486 e. The van der Waals surface area contributed by atoms with E-state index in [0.29, 0.717) is 25.6 Å². The topological polar surface area (TPSA) is 56.5 Å². The summed E-state index contributed by atoms with van der Waals surface area (Å²) in [7, 11) is 0. The maximum Gasteiger partial charge on any atom is 0.214 e. The molecule has 0 unspecified atom stereocenters. The number of oxazole rings is 1. The highest BCUT2D eigenvalue weighted by Crippen LogP contribution is 2.37. The molecule has 3 heterocycles. The van der Waals surface area contributed by atoms with Gasteiger partial charge in [0, 0.05) is 0 Å². The summed E-state index contributed by atoms with van der Waals surface area (Å²) in [4.78, 5) is 5.38. The number of fused-ring (bicyclic) bond motifs is 1. The van der Waals surface area contributed by atoms with E-state index in [4.69, 9.17) is 13.9 Å². The van der Waals surface area contributed by atoms with Crippen molar-refractivity contribution in [2.75, 3.05) is 18.5 Å². The van der Waals surface area contributed by atoms with E-state index in [9.17, 15) is 0 Å². The van der Waals surface area contributed by atoms with E-state index >= 15 is 0 Å². The van der Waals surface area contributed by atoms with Crippen molar-refractivity contribution < 1.29 is 13.9 Å². The Hall–Kier alpha value is -2.47. The lowest BCUT2D eigenvalue weighted by Gasteiger charge is -2.21. The van der Waals surface area contributed by atoms with E-state index in [-0.39, 0.29) is 0 Å². The molecule has 1 N–H and O–H groups in total. The first-order chi connectivity index (χ1) is 10.9. The molecule has 0 bridgehead atoms. The minimum absolute atomic E-state index is 0.491. The van der Waals surface area contributed by atoms with E-state index in [0.717, 1.165) is 27.8 Å². The number of nitrogens with one attached hydrogen (secondary N) is 1. The van der Waals surface area contributed by atoms with Gasteiger partial charge in [0.25, 0.3) is 0 Å². The SMILES string of the molecule is c1csc(-c2cnc(CNc3cccc4c3OCCO4)o2)c1. The van der Waals surface area contributed by atoms with Gasteiger partial charge in [0.2, 0.25) is 5.89 Å². The van der Waals surface area contributed by atoms with Gasteiger partial charge in [-0.15, -0.1) is 11.3 Å². The van der Waals surface area contributed by atoms with Gasteiger partial charge in [0.1, 0.15) is 13.2 Å². The Morgan fingerprint density at radius 1 is 1.14 bits per heavy atom. The van der Waals surface area contributed by atoms with Gasteiger partial charge in [-0.1, -0.05) is 12.1 Å². The minimum atomic E-state index is 0.491. The average molecular weight is 314 g/mol.